The molecule has 0 heterocycles. The third-order valence-corrected chi connectivity index (χ3v) is 1.86. The zero-order chi connectivity index (χ0) is 11.0. The molecule has 4 heteroatoms. The van der Waals surface area contributed by atoms with E-state index >= 15 is 0 Å². The lowest BCUT2D eigenvalue weighted by Crippen LogP contribution is -2.29. The molecule has 0 spiro atoms. The highest BCUT2D eigenvalue weighted by atomic mass is 16.2. The zero-order valence-electron chi connectivity index (χ0n) is 8.64. The summed E-state index contributed by atoms with van der Waals surface area (Å²) in [6, 6.07) is -0.497. The van der Waals surface area contributed by atoms with E-state index in [-0.39, 0.29) is 5.78 Å². The number of primary amides is 1. The smallest absolute Gasteiger partial charge is 0.312 e. The summed E-state index contributed by atoms with van der Waals surface area (Å²) in [7, 11) is 0. The first-order valence-electron chi connectivity index (χ1n) is 4.76. The van der Waals surface area contributed by atoms with Crippen LogP contribution in [0.15, 0.2) is 12.2 Å². The first kappa shape index (κ1) is 12.7. The predicted molar refractivity (Wildman–Crippen MR) is 55.9 cm³/mol. The Bertz CT molecular complexity index is 224. The van der Waals surface area contributed by atoms with E-state index in [0.717, 1.165) is 19.3 Å². The van der Waals surface area contributed by atoms with Gasteiger partial charge in [0, 0.05) is 13.0 Å². The van der Waals surface area contributed by atoms with Gasteiger partial charge in [-0.3, -0.25) is 4.79 Å². The highest BCUT2D eigenvalue weighted by Crippen LogP contribution is 2.03. The number of Topliss-reactive ketones (excluding diaryl/α,β-unsaturated/α-hetero) is 1. The molecule has 14 heavy (non-hydrogen) atoms. The second kappa shape index (κ2) is 7.12. The van der Waals surface area contributed by atoms with Crippen LogP contribution in [0.3, 0.4) is 0 Å². The fourth-order valence-electron chi connectivity index (χ4n) is 1.01. The number of urea groups is 1. The van der Waals surface area contributed by atoms with E-state index in [1.165, 1.54) is 0 Å². The molecule has 0 aromatic rings. The van der Waals surface area contributed by atoms with Crippen molar-refractivity contribution in [3.63, 3.8) is 0 Å². The first-order chi connectivity index (χ1) is 6.54. The van der Waals surface area contributed by atoms with Gasteiger partial charge >= 0.3 is 6.03 Å². The van der Waals surface area contributed by atoms with E-state index < -0.39 is 6.03 Å². The summed E-state index contributed by atoms with van der Waals surface area (Å²) in [5.74, 6) is 0.118. The summed E-state index contributed by atoms with van der Waals surface area (Å²) in [4.78, 5) is 21.4. The Hall–Kier alpha value is -1.32. The van der Waals surface area contributed by atoms with Crippen molar-refractivity contribution in [1.29, 1.82) is 0 Å². The summed E-state index contributed by atoms with van der Waals surface area (Å²) in [6.45, 7) is 5.87. The summed E-state index contributed by atoms with van der Waals surface area (Å²) in [5.41, 5.74) is 5.49. The maximum atomic E-state index is 11.1. The van der Waals surface area contributed by atoms with Crippen LogP contribution < -0.4 is 11.1 Å². The second-order valence-electron chi connectivity index (χ2n) is 3.31. The number of rotatable bonds is 7. The maximum Gasteiger partial charge on any atom is 0.312 e. The van der Waals surface area contributed by atoms with Crippen molar-refractivity contribution < 1.29 is 9.59 Å². The lowest BCUT2D eigenvalue weighted by molar-refractivity contribution is -0.115. The van der Waals surface area contributed by atoms with Gasteiger partial charge in [0.2, 0.25) is 0 Å². The average Bonchev–Trinajstić information content (AvgIpc) is 2.09. The molecule has 0 aromatic heterocycles. The van der Waals surface area contributed by atoms with Crippen LogP contribution in [0.2, 0.25) is 0 Å². The second-order valence-corrected chi connectivity index (χ2v) is 3.31. The van der Waals surface area contributed by atoms with Gasteiger partial charge in [0.1, 0.15) is 0 Å². The lowest BCUT2D eigenvalue weighted by Gasteiger charge is -2.01. The van der Waals surface area contributed by atoms with Crippen LogP contribution in [0, 0.1) is 0 Å². The van der Waals surface area contributed by atoms with Crippen molar-refractivity contribution in [2.45, 2.75) is 32.6 Å². The minimum absolute atomic E-state index is 0.118. The van der Waals surface area contributed by atoms with Gasteiger partial charge < -0.3 is 11.1 Å². The summed E-state index contributed by atoms with van der Waals surface area (Å²) in [5, 5.41) is 2.49. The molecule has 0 fully saturated rings. The molecule has 0 saturated heterocycles. The Morgan fingerprint density at radius 1 is 1.29 bits per heavy atom. The molecule has 2 amide bonds. The van der Waals surface area contributed by atoms with Crippen LogP contribution in [0.4, 0.5) is 4.79 Å². The number of unbranched alkanes of at least 4 members (excludes halogenated alkanes) is 2. The van der Waals surface area contributed by atoms with E-state index in [2.05, 4.69) is 11.9 Å². The molecule has 0 aliphatic rings. The Balaban J connectivity index is 3.26. The molecular weight excluding hydrogens is 180 g/mol. The monoisotopic (exact) mass is 198 g/mol. The van der Waals surface area contributed by atoms with Crippen LogP contribution in [-0.4, -0.2) is 18.4 Å². The highest BCUT2D eigenvalue weighted by molar-refractivity contribution is 5.93. The number of hydrogen-bond donors (Lipinski definition) is 2. The van der Waals surface area contributed by atoms with Gasteiger partial charge in [-0.1, -0.05) is 13.0 Å². The van der Waals surface area contributed by atoms with Gasteiger partial charge in [0.05, 0.1) is 0 Å². The normalized spacial score (nSPS) is 9.50. The number of nitrogens with one attached hydrogen (secondary N) is 1. The standard InChI is InChI=1S/C10H18N2O2/c1-8(2)9(13)6-4-3-5-7-12-10(11)14/h1,3-7H2,2H3,(H3,11,12,14). The third-order valence-electron chi connectivity index (χ3n) is 1.86. The molecule has 4 nitrogen and oxygen atoms in total. The predicted octanol–water partition coefficient (Wildman–Crippen LogP) is 1.36. The maximum absolute atomic E-state index is 11.1. The van der Waals surface area contributed by atoms with Crippen molar-refractivity contribution in [3.8, 4) is 0 Å². The highest BCUT2D eigenvalue weighted by Gasteiger charge is 2.01. The molecule has 0 aliphatic heterocycles. The van der Waals surface area contributed by atoms with Crippen LogP contribution in [0.1, 0.15) is 32.6 Å². The fraction of sp³-hybridized carbons (Fsp3) is 0.600. The van der Waals surface area contributed by atoms with Gasteiger partial charge in [-0.15, -0.1) is 0 Å². The number of allylic oxidation sites excluding steroid dienone is 1. The Labute approximate surface area is 84.5 Å². The van der Waals surface area contributed by atoms with E-state index in [9.17, 15) is 9.59 Å². The molecule has 0 rings (SSSR count). The quantitative estimate of drug-likeness (QED) is 0.479. The van der Waals surface area contributed by atoms with Crippen LogP contribution in [0.25, 0.3) is 0 Å². The minimum atomic E-state index is -0.497. The number of carbonyl (C=O) groups excluding carboxylic acids is 2. The van der Waals surface area contributed by atoms with Crippen molar-refractivity contribution >= 4 is 11.8 Å². The van der Waals surface area contributed by atoms with E-state index in [0.29, 0.717) is 18.5 Å². The summed E-state index contributed by atoms with van der Waals surface area (Å²) >= 11 is 0. The van der Waals surface area contributed by atoms with Crippen molar-refractivity contribution in [3.05, 3.63) is 12.2 Å². The van der Waals surface area contributed by atoms with Crippen LogP contribution in [-0.2, 0) is 4.79 Å². The topological polar surface area (TPSA) is 72.2 Å². The van der Waals surface area contributed by atoms with Crippen molar-refractivity contribution in [1.82, 2.24) is 5.32 Å². The fourth-order valence-corrected chi connectivity index (χ4v) is 1.01. The molecule has 0 aromatic carbocycles. The molecular formula is C10H18N2O2. The van der Waals surface area contributed by atoms with Gasteiger partial charge in [-0.2, -0.15) is 0 Å². The Kier molecular flexibility index (Phi) is 6.45. The van der Waals surface area contributed by atoms with Gasteiger partial charge in [-0.25, -0.2) is 4.79 Å². The van der Waals surface area contributed by atoms with Gasteiger partial charge in [0.25, 0.3) is 0 Å². The van der Waals surface area contributed by atoms with E-state index in [1.54, 1.807) is 6.92 Å². The number of ketones is 1. The molecule has 80 valence electrons. The van der Waals surface area contributed by atoms with Gasteiger partial charge in [0.15, 0.2) is 5.78 Å². The summed E-state index contributed by atoms with van der Waals surface area (Å²) < 4.78 is 0. The number of nitrogens with two attached hydrogens (primary N) is 1. The van der Waals surface area contributed by atoms with Crippen molar-refractivity contribution in [2.24, 2.45) is 5.73 Å². The molecule has 0 unspecified atom stereocenters. The SMILES string of the molecule is C=C(C)C(=O)CCCCCNC(N)=O. The molecule has 0 saturated carbocycles. The first-order valence-corrected chi connectivity index (χ1v) is 4.76. The number of amides is 2. The van der Waals surface area contributed by atoms with E-state index in [4.69, 9.17) is 5.73 Å². The number of hydrogen-bond acceptors (Lipinski definition) is 2. The molecule has 0 aliphatic carbocycles. The average molecular weight is 198 g/mol. The van der Waals surface area contributed by atoms with Crippen LogP contribution >= 0.6 is 0 Å². The molecule has 0 bridgehead atoms. The third kappa shape index (κ3) is 7.34. The van der Waals surface area contributed by atoms with Gasteiger partial charge in [-0.05, 0) is 25.3 Å². The van der Waals surface area contributed by atoms with Crippen molar-refractivity contribution in [2.75, 3.05) is 6.54 Å². The lowest BCUT2D eigenvalue weighted by atomic mass is 10.1. The van der Waals surface area contributed by atoms with E-state index in [1.807, 2.05) is 0 Å². The molecule has 0 radical (unpaired) electrons. The summed E-state index contributed by atoms with van der Waals surface area (Å²) in [6.07, 6.45) is 3.16. The Morgan fingerprint density at radius 3 is 2.43 bits per heavy atom. The van der Waals surface area contributed by atoms with Crippen LogP contribution in [0.5, 0.6) is 0 Å². The largest absolute Gasteiger partial charge is 0.352 e. The molecule has 3 N–H and O–H groups in total. The molecule has 0 atom stereocenters. The zero-order valence-corrected chi connectivity index (χ0v) is 8.64. The minimum Gasteiger partial charge on any atom is -0.352 e. The Morgan fingerprint density at radius 2 is 1.93 bits per heavy atom. The number of carbonyl (C=O) groups is 2.